The van der Waals surface area contributed by atoms with E-state index in [4.69, 9.17) is 4.98 Å². The van der Waals surface area contributed by atoms with E-state index in [2.05, 4.69) is 36.8 Å². The Kier molecular flexibility index (Phi) is 26.2. The number of halogens is 13. The molecule has 0 saturated carbocycles. The van der Waals surface area contributed by atoms with Gasteiger partial charge in [-0.3, -0.25) is 14.7 Å². The van der Waals surface area contributed by atoms with Crippen LogP contribution in [0.4, 0.5) is 88.5 Å². The standard InChI is InChI=1S/C28H26F4N4OS.C25H27F4N5O.C24H28F5N3O/c29-21-14-20(28(30,31)32)15-22(16-21)33-27(37)36(17-19-6-2-1-3-7-19)23-10-12-35(13-11-23)18-26-34-24-8-4-5-9-25(24)38-26;1-32-17-30-14-23(32)16-33-9-7-22(8-10-33)34(15-18-5-3-2-4-6-18)24(35)31-21-12-19(25(27,28)29)11-20(26)13-21;1-17(23(2,25)26)31-13-11-21(12-14-31)32(16-18-7-4-3-5-8-18)22(33)30-20-10-6-9-19(15-20)24(27,28)29/h1-9,14-16,23H,10-13,17-18H2,(H,33,37);2-6,11-14,17,22H,7-10,15-16H2,1H3,(H,31,35);3-10,15,17,21H,11-14,16H2,1-2H3,(H,30,33). The number of fused-ring (bicyclic) bond motifs is 1. The monoisotopic (exact) mass is 1500 g/mol. The lowest BCUT2D eigenvalue weighted by molar-refractivity contribution is -0.138. The number of thiazole rings is 1. The lowest BCUT2D eigenvalue weighted by Crippen LogP contribution is -2.53. The molecule has 12 rings (SSSR count). The first kappa shape index (κ1) is 79.0. The van der Waals surface area contributed by atoms with Crippen LogP contribution in [-0.4, -0.2) is 131 Å². The van der Waals surface area contributed by atoms with Gasteiger partial charge in [-0.1, -0.05) is 109 Å². The van der Waals surface area contributed by atoms with Gasteiger partial charge in [0, 0.05) is 121 Å². The van der Waals surface area contributed by atoms with Gasteiger partial charge in [0.25, 0.3) is 5.92 Å². The maximum Gasteiger partial charge on any atom is 0.416 e. The third-order valence-corrected chi connectivity index (χ3v) is 20.0. The Morgan fingerprint density at radius 2 is 0.887 bits per heavy atom. The lowest BCUT2D eigenvalue weighted by Gasteiger charge is -2.41. The first-order valence-electron chi connectivity index (χ1n) is 34.5. The smallest absolute Gasteiger partial charge is 0.337 e. The maximum absolute atomic E-state index is 13.9. The van der Waals surface area contributed by atoms with E-state index in [1.54, 1.807) is 37.3 Å². The number of imidazole rings is 1. The fourth-order valence-corrected chi connectivity index (χ4v) is 14.1. The van der Waals surface area contributed by atoms with Crippen molar-refractivity contribution in [2.45, 2.75) is 134 Å². The number of aryl methyl sites for hydroxylation is 1. The molecule has 9 aromatic rings. The van der Waals surface area contributed by atoms with E-state index >= 15 is 0 Å². The molecule has 15 nitrogen and oxygen atoms in total. The van der Waals surface area contributed by atoms with Gasteiger partial charge in [-0.15, -0.1) is 11.3 Å². The number of para-hydroxylation sites is 1. The van der Waals surface area contributed by atoms with E-state index in [1.165, 1.54) is 19.1 Å². The van der Waals surface area contributed by atoms with Gasteiger partial charge in [-0.25, -0.2) is 41.9 Å². The van der Waals surface area contributed by atoms with Gasteiger partial charge in [0.15, 0.2) is 0 Å². The van der Waals surface area contributed by atoms with Gasteiger partial charge in [0.2, 0.25) is 0 Å². The number of hydrogen-bond donors (Lipinski definition) is 3. The van der Waals surface area contributed by atoms with Crippen molar-refractivity contribution < 1.29 is 71.5 Å². The maximum atomic E-state index is 13.9. The first-order valence-corrected chi connectivity index (χ1v) is 35.3. The predicted octanol–water partition coefficient (Wildman–Crippen LogP) is 18.7. The van der Waals surface area contributed by atoms with Crippen molar-refractivity contribution in [1.29, 1.82) is 0 Å². The number of nitrogens with zero attached hydrogens (tertiary/aromatic N) is 9. The summed E-state index contributed by atoms with van der Waals surface area (Å²) in [5, 5.41) is 8.61. The number of piperidine rings is 3. The topological polar surface area (TPSA) is 137 Å². The van der Waals surface area contributed by atoms with Crippen molar-refractivity contribution in [3.63, 3.8) is 0 Å². The number of amides is 6. The quantitative estimate of drug-likeness (QED) is 0.0723. The summed E-state index contributed by atoms with van der Waals surface area (Å²) in [7, 11) is 1.94. The van der Waals surface area contributed by atoms with Crippen molar-refractivity contribution in [2.24, 2.45) is 7.05 Å². The van der Waals surface area contributed by atoms with Gasteiger partial charge in [0.1, 0.15) is 16.6 Å². The second kappa shape index (κ2) is 35.2. The third-order valence-electron chi connectivity index (χ3n) is 19.0. The highest BCUT2D eigenvalue weighted by Gasteiger charge is 2.40. The second-order valence-corrected chi connectivity index (χ2v) is 27.8. The molecule has 3 aliphatic rings. The molecule has 3 fully saturated rings. The molecule has 5 heterocycles. The number of rotatable bonds is 18. The number of nitrogens with one attached hydrogen (secondary N) is 3. The minimum Gasteiger partial charge on any atom is -0.337 e. The molecule has 29 heteroatoms. The Morgan fingerprint density at radius 1 is 0.491 bits per heavy atom. The number of carbonyl (C=O) groups is 3. The predicted molar refractivity (Wildman–Crippen MR) is 381 cm³/mol. The number of hydrogen-bond acceptors (Lipinski definition) is 9. The van der Waals surface area contributed by atoms with Crippen molar-refractivity contribution in [3.8, 4) is 0 Å². The number of anilines is 3. The van der Waals surface area contributed by atoms with Crippen LogP contribution < -0.4 is 16.0 Å². The van der Waals surface area contributed by atoms with E-state index in [1.807, 2.05) is 127 Å². The van der Waals surface area contributed by atoms with Crippen LogP contribution >= 0.6 is 11.3 Å². The molecule has 1 unspecified atom stereocenters. The largest absolute Gasteiger partial charge is 0.416 e. The average molecular weight is 1500 g/mol. The summed E-state index contributed by atoms with van der Waals surface area (Å²) in [6.07, 6.45) is -6.59. The Hall–Kier alpha value is -9.58. The first-order chi connectivity index (χ1) is 50.4. The molecule has 0 bridgehead atoms. The Balaban J connectivity index is 0.000000171. The fraction of sp³-hybridized carbons (Fsp3) is 0.364. The minimum atomic E-state index is -4.72. The SMILES string of the molecule is CC(N1CCC(N(Cc2ccccc2)C(=O)Nc2cccc(C(F)(F)F)c2)CC1)C(C)(F)F.Cn1cncc1CN1CCC(N(Cc2ccccc2)C(=O)Nc2cc(F)cc(C(F)(F)F)c2)CC1.O=C(Nc1cc(F)cc(C(F)(F)F)c1)N(Cc1ccccc1)C1CCN(Cc2nc3ccccc3s2)CC1. The van der Waals surface area contributed by atoms with Gasteiger partial charge in [0.05, 0.1) is 51.5 Å². The molecular weight excluding hydrogens is 1420 g/mol. The van der Waals surface area contributed by atoms with Gasteiger partial charge in [-0.05, 0) is 129 Å². The number of benzene rings is 7. The van der Waals surface area contributed by atoms with Crippen molar-refractivity contribution in [3.05, 3.63) is 244 Å². The summed E-state index contributed by atoms with van der Waals surface area (Å²) < 4.78 is 176. The van der Waals surface area contributed by atoms with Gasteiger partial charge >= 0.3 is 36.6 Å². The van der Waals surface area contributed by atoms with E-state index in [0.29, 0.717) is 70.3 Å². The molecule has 0 aliphatic carbocycles. The molecular formula is C77H81F13N12O3S. The number of likely N-dealkylation sites (tertiary alicyclic amines) is 3. The van der Waals surface area contributed by atoms with Crippen LogP contribution in [0.5, 0.6) is 0 Å². The Morgan fingerprint density at radius 3 is 1.29 bits per heavy atom. The summed E-state index contributed by atoms with van der Waals surface area (Å²) in [5.41, 5.74) is 1.19. The molecule has 1 atom stereocenters. The molecule has 564 valence electrons. The summed E-state index contributed by atoms with van der Waals surface area (Å²) in [5.74, 6) is -4.96. The fourth-order valence-electron chi connectivity index (χ4n) is 13.1. The highest BCUT2D eigenvalue weighted by molar-refractivity contribution is 7.18. The molecule has 3 N–H and O–H groups in total. The van der Waals surface area contributed by atoms with Crippen LogP contribution in [-0.2, 0) is 58.3 Å². The number of aromatic nitrogens is 3. The number of alkyl halides is 11. The molecule has 0 spiro atoms. The van der Waals surface area contributed by atoms with Gasteiger partial charge < -0.3 is 35.2 Å². The van der Waals surface area contributed by atoms with Crippen molar-refractivity contribution >= 4 is 56.7 Å². The molecule has 3 aliphatic heterocycles. The lowest BCUT2D eigenvalue weighted by atomic mass is 9.99. The summed E-state index contributed by atoms with van der Waals surface area (Å²) in [6.45, 7) is 8.50. The zero-order valence-corrected chi connectivity index (χ0v) is 59.1. The third kappa shape index (κ3) is 22.5. The zero-order valence-electron chi connectivity index (χ0n) is 58.3. The van der Waals surface area contributed by atoms with E-state index in [-0.39, 0.29) is 48.3 Å². The highest BCUT2D eigenvalue weighted by Crippen LogP contribution is 2.36. The van der Waals surface area contributed by atoms with Crippen LogP contribution in [0.2, 0.25) is 0 Å². The minimum absolute atomic E-state index is 0.0459. The van der Waals surface area contributed by atoms with Gasteiger partial charge in [-0.2, -0.15) is 39.5 Å². The molecule has 0 radical (unpaired) electrons. The molecule has 7 aromatic carbocycles. The summed E-state index contributed by atoms with van der Waals surface area (Å²) >= 11 is 1.67. The molecule has 2 aromatic heterocycles. The van der Waals surface area contributed by atoms with Crippen molar-refractivity contribution in [1.82, 2.24) is 43.9 Å². The summed E-state index contributed by atoms with van der Waals surface area (Å²) in [4.78, 5) is 59.8. The van der Waals surface area contributed by atoms with Crippen LogP contribution in [0, 0.1) is 11.6 Å². The number of urea groups is 3. The zero-order chi connectivity index (χ0) is 75.9. The van der Waals surface area contributed by atoms with Crippen LogP contribution in [0.3, 0.4) is 0 Å². The van der Waals surface area contributed by atoms with E-state index < -0.39 is 76.9 Å². The van der Waals surface area contributed by atoms with Crippen molar-refractivity contribution in [2.75, 3.05) is 55.2 Å². The van der Waals surface area contributed by atoms with E-state index in [9.17, 15) is 71.5 Å². The van der Waals surface area contributed by atoms with E-state index in [0.717, 1.165) is 120 Å². The average Bonchev–Trinajstić information content (AvgIpc) is 1.35. The highest BCUT2D eigenvalue weighted by atomic mass is 32.1. The summed E-state index contributed by atoms with van der Waals surface area (Å²) in [6, 6.07) is 41.6. The Bertz CT molecular complexity index is 4290. The molecule has 3 saturated heterocycles. The van der Waals surface area contributed by atoms with Crippen LogP contribution in [0.25, 0.3) is 10.2 Å². The normalized spacial score (nSPS) is 15.7. The van der Waals surface area contributed by atoms with Crippen LogP contribution in [0.15, 0.2) is 188 Å². The molecule has 6 amide bonds. The molecule has 106 heavy (non-hydrogen) atoms. The second-order valence-electron chi connectivity index (χ2n) is 26.6. The number of carbonyl (C=O) groups excluding carboxylic acids is 3. The Labute approximate surface area is 609 Å². The van der Waals surface area contributed by atoms with Crippen LogP contribution in [0.1, 0.15) is 96.5 Å².